The molecule has 0 spiro atoms. The highest BCUT2D eigenvalue weighted by atomic mass is 16.7. The summed E-state index contributed by atoms with van der Waals surface area (Å²) in [5.74, 6) is 1.46. The van der Waals surface area contributed by atoms with Crippen LogP contribution in [0.4, 0.5) is 4.79 Å². The Morgan fingerprint density at radius 3 is 2.41 bits per heavy atom. The van der Waals surface area contributed by atoms with Crippen LogP contribution in [-0.4, -0.2) is 54.9 Å². The third kappa shape index (κ3) is 4.15. The maximum atomic E-state index is 11.7. The van der Waals surface area contributed by atoms with Crippen LogP contribution in [0, 0.1) is 46.3 Å². The lowest BCUT2D eigenvalue weighted by Gasteiger charge is -2.63. The quantitative estimate of drug-likeness (QED) is 0.565. The van der Waals surface area contributed by atoms with E-state index in [0.717, 1.165) is 44.9 Å². The van der Waals surface area contributed by atoms with Crippen LogP contribution in [0.1, 0.15) is 78.6 Å². The predicted octanol–water partition coefficient (Wildman–Crippen LogP) is 4.33. The van der Waals surface area contributed by atoms with Crippen molar-refractivity contribution in [2.24, 2.45) is 46.3 Å². The van der Waals surface area contributed by atoms with Crippen LogP contribution in [0.2, 0.25) is 0 Å². The highest BCUT2D eigenvalue weighted by Crippen LogP contribution is 2.68. The Morgan fingerprint density at radius 2 is 1.74 bits per heavy atom. The van der Waals surface area contributed by atoms with Gasteiger partial charge in [0.05, 0.1) is 26.4 Å². The molecule has 194 valence electrons. The molecule has 0 radical (unpaired) electrons. The number of methoxy groups -OCH3 is 2. The standard InChI is InChI=1S/C27H44O7/c1-15(6-9-23(30)32-4)18-7-8-19-24-20(14-22(29)27(18,19)3)26(2)11-10-17(34-25(31)33-5)12-16(26)13-21(24)28/h15-22,24,28-29H,6-14H2,1-5H3/t15-,16+,17+,18+,19-,20-,21+,22+,24-,26-,27+/m0/s1. The summed E-state index contributed by atoms with van der Waals surface area (Å²) in [5, 5.41) is 23.1. The molecule has 0 aromatic carbocycles. The first kappa shape index (κ1) is 25.7. The van der Waals surface area contributed by atoms with Gasteiger partial charge in [0.25, 0.3) is 0 Å². The zero-order valence-electron chi connectivity index (χ0n) is 21.5. The highest BCUT2D eigenvalue weighted by Gasteiger charge is 2.65. The first-order valence-electron chi connectivity index (χ1n) is 13.2. The molecule has 0 heterocycles. The van der Waals surface area contributed by atoms with Crippen LogP contribution in [0.25, 0.3) is 0 Å². The van der Waals surface area contributed by atoms with E-state index in [1.54, 1.807) is 0 Å². The molecule has 0 aromatic heterocycles. The van der Waals surface area contributed by atoms with Gasteiger partial charge in [-0.15, -0.1) is 0 Å². The maximum Gasteiger partial charge on any atom is 0.508 e. The fourth-order valence-corrected chi connectivity index (χ4v) is 9.05. The van der Waals surface area contributed by atoms with E-state index in [2.05, 4.69) is 20.8 Å². The fraction of sp³-hybridized carbons (Fsp3) is 0.926. The van der Waals surface area contributed by atoms with Crippen molar-refractivity contribution in [3.05, 3.63) is 0 Å². The molecular weight excluding hydrogens is 436 g/mol. The van der Waals surface area contributed by atoms with E-state index in [1.165, 1.54) is 14.2 Å². The fourth-order valence-electron chi connectivity index (χ4n) is 9.05. The van der Waals surface area contributed by atoms with Gasteiger partial charge in [-0.25, -0.2) is 4.79 Å². The maximum absolute atomic E-state index is 11.7. The molecule has 2 N–H and O–H groups in total. The zero-order chi connectivity index (χ0) is 24.8. The van der Waals surface area contributed by atoms with Crippen LogP contribution >= 0.6 is 0 Å². The van der Waals surface area contributed by atoms with Gasteiger partial charge in [0.2, 0.25) is 0 Å². The Balaban J connectivity index is 1.53. The molecule has 34 heavy (non-hydrogen) atoms. The van der Waals surface area contributed by atoms with E-state index in [9.17, 15) is 19.8 Å². The van der Waals surface area contributed by atoms with Gasteiger partial charge in [-0.2, -0.15) is 0 Å². The summed E-state index contributed by atoms with van der Waals surface area (Å²) in [6, 6.07) is 0. The number of carbonyl (C=O) groups is 2. The van der Waals surface area contributed by atoms with E-state index in [4.69, 9.17) is 14.2 Å². The number of hydrogen-bond acceptors (Lipinski definition) is 7. The van der Waals surface area contributed by atoms with Crippen molar-refractivity contribution in [3.63, 3.8) is 0 Å². The molecule has 4 aliphatic carbocycles. The minimum atomic E-state index is -0.634. The Morgan fingerprint density at radius 1 is 1.00 bits per heavy atom. The summed E-state index contributed by atoms with van der Waals surface area (Å²) in [4.78, 5) is 23.4. The molecule has 0 aliphatic heterocycles. The van der Waals surface area contributed by atoms with Crippen molar-refractivity contribution >= 4 is 12.1 Å². The highest BCUT2D eigenvalue weighted by molar-refractivity contribution is 5.69. The summed E-state index contributed by atoms with van der Waals surface area (Å²) in [7, 11) is 2.76. The minimum Gasteiger partial charge on any atom is -0.469 e. The zero-order valence-corrected chi connectivity index (χ0v) is 21.5. The van der Waals surface area contributed by atoms with Crippen molar-refractivity contribution in [1.82, 2.24) is 0 Å². The Hall–Kier alpha value is -1.34. The number of rotatable bonds is 5. The van der Waals surface area contributed by atoms with E-state index < -0.39 is 18.4 Å². The van der Waals surface area contributed by atoms with Crippen LogP contribution in [0.5, 0.6) is 0 Å². The first-order chi connectivity index (χ1) is 16.1. The molecule has 0 aromatic rings. The van der Waals surface area contributed by atoms with Crippen LogP contribution < -0.4 is 0 Å². The second-order valence-electron chi connectivity index (χ2n) is 12.2. The third-order valence-electron chi connectivity index (χ3n) is 11.0. The first-order valence-corrected chi connectivity index (χ1v) is 13.2. The van der Waals surface area contributed by atoms with E-state index >= 15 is 0 Å². The van der Waals surface area contributed by atoms with Crippen LogP contribution in [0.15, 0.2) is 0 Å². The summed E-state index contributed by atoms with van der Waals surface area (Å²) in [6.07, 6.45) is 5.53. The number of carbonyl (C=O) groups excluding carboxylic acids is 2. The number of esters is 1. The average molecular weight is 481 g/mol. The lowest BCUT2D eigenvalue weighted by atomic mass is 9.43. The van der Waals surface area contributed by atoms with Crippen molar-refractivity contribution in [2.45, 2.75) is 96.9 Å². The number of hydrogen-bond donors (Lipinski definition) is 2. The van der Waals surface area contributed by atoms with Gasteiger partial charge in [-0.05, 0) is 97.7 Å². The Bertz CT molecular complexity index is 770. The second-order valence-corrected chi connectivity index (χ2v) is 12.2. The smallest absolute Gasteiger partial charge is 0.469 e. The predicted molar refractivity (Wildman–Crippen MR) is 126 cm³/mol. The Labute approximate surface area is 203 Å². The molecular formula is C27H44O7. The van der Waals surface area contributed by atoms with E-state index in [0.29, 0.717) is 24.7 Å². The monoisotopic (exact) mass is 480 g/mol. The number of aliphatic hydroxyl groups is 2. The van der Waals surface area contributed by atoms with Crippen molar-refractivity contribution in [1.29, 1.82) is 0 Å². The minimum absolute atomic E-state index is 0.0246. The number of aliphatic hydroxyl groups excluding tert-OH is 2. The molecule has 0 bridgehead atoms. The van der Waals surface area contributed by atoms with Gasteiger partial charge in [0.1, 0.15) is 6.10 Å². The largest absolute Gasteiger partial charge is 0.508 e. The summed E-state index contributed by atoms with van der Waals surface area (Å²) in [6.45, 7) is 6.79. The third-order valence-corrected chi connectivity index (χ3v) is 11.0. The van der Waals surface area contributed by atoms with Gasteiger partial charge in [0.15, 0.2) is 0 Å². The molecule has 4 saturated carbocycles. The average Bonchev–Trinajstić information content (AvgIpc) is 3.17. The lowest BCUT2D eigenvalue weighted by molar-refractivity contribution is -0.207. The number of fused-ring (bicyclic) bond motifs is 5. The van der Waals surface area contributed by atoms with Crippen LogP contribution in [-0.2, 0) is 19.0 Å². The lowest BCUT2D eigenvalue weighted by Crippen LogP contribution is -2.62. The Kier molecular flexibility index (Phi) is 7.27. The van der Waals surface area contributed by atoms with Crippen molar-refractivity contribution in [3.8, 4) is 0 Å². The number of ether oxygens (including phenoxy) is 3. The topological polar surface area (TPSA) is 102 Å². The van der Waals surface area contributed by atoms with Crippen molar-refractivity contribution in [2.75, 3.05) is 14.2 Å². The van der Waals surface area contributed by atoms with Gasteiger partial charge < -0.3 is 24.4 Å². The van der Waals surface area contributed by atoms with Gasteiger partial charge in [0, 0.05) is 6.42 Å². The van der Waals surface area contributed by atoms with Gasteiger partial charge in [-0.1, -0.05) is 20.8 Å². The molecule has 0 saturated heterocycles. The summed E-state index contributed by atoms with van der Waals surface area (Å²) < 4.78 is 15.0. The molecule has 7 nitrogen and oxygen atoms in total. The molecule has 0 unspecified atom stereocenters. The molecule has 0 amide bonds. The SMILES string of the molecule is COC(=O)CC[C@H](C)[C@H]1CC[C@H]2[C@@H]3[C@H](O)C[C@H]4C[C@H](OC(=O)OC)CC[C@]4(C)[C@H]3C[C@@H](O)[C@]12C. The van der Waals surface area contributed by atoms with E-state index in [1.807, 2.05) is 0 Å². The second kappa shape index (κ2) is 9.61. The molecule has 4 fully saturated rings. The molecule has 4 rings (SSSR count). The van der Waals surface area contributed by atoms with E-state index in [-0.39, 0.29) is 46.6 Å². The summed E-state index contributed by atoms with van der Waals surface area (Å²) in [5.41, 5.74) is -0.219. The normalized spacial score (nSPS) is 46.4. The van der Waals surface area contributed by atoms with Crippen molar-refractivity contribution < 1.29 is 34.0 Å². The van der Waals surface area contributed by atoms with Gasteiger partial charge in [-0.3, -0.25) is 4.79 Å². The molecule has 4 aliphatic rings. The molecule has 7 heteroatoms. The molecule has 11 atom stereocenters. The summed E-state index contributed by atoms with van der Waals surface area (Å²) >= 11 is 0. The van der Waals surface area contributed by atoms with Crippen LogP contribution in [0.3, 0.4) is 0 Å². The van der Waals surface area contributed by atoms with Gasteiger partial charge >= 0.3 is 12.1 Å².